The molecular formula is C19H24N4O3. The first-order valence-corrected chi connectivity index (χ1v) is 9.30. The number of nitrogens with zero attached hydrogens (tertiary/aromatic N) is 4. The number of carbonyl (C=O) groups is 2. The van der Waals surface area contributed by atoms with E-state index in [2.05, 4.69) is 5.10 Å². The summed E-state index contributed by atoms with van der Waals surface area (Å²) in [5.74, 6) is 0.0242. The Labute approximate surface area is 152 Å². The Morgan fingerprint density at radius 1 is 1.12 bits per heavy atom. The Morgan fingerprint density at radius 2 is 1.92 bits per heavy atom. The molecule has 2 saturated heterocycles. The molecule has 0 aliphatic carbocycles. The van der Waals surface area contributed by atoms with Gasteiger partial charge in [0.2, 0.25) is 11.8 Å². The van der Waals surface area contributed by atoms with Gasteiger partial charge in [0.25, 0.3) is 0 Å². The molecule has 26 heavy (non-hydrogen) atoms. The molecule has 0 N–H and O–H groups in total. The lowest BCUT2D eigenvalue weighted by Gasteiger charge is -2.38. The molecule has 1 unspecified atom stereocenters. The van der Waals surface area contributed by atoms with E-state index in [1.54, 1.807) is 9.58 Å². The Bertz CT molecular complexity index is 764. The van der Waals surface area contributed by atoms with Gasteiger partial charge in [-0.05, 0) is 25.3 Å². The van der Waals surface area contributed by atoms with Crippen molar-refractivity contribution in [2.75, 3.05) is 32.8 Å². The Morgan fingerprint density at radius 3 is 2.73 bits per heavy atom. The van der Waals surface area contributed by atoms with Crippen molar-refractivity contribution in [2.24, 2.45) is 0 Å². The number of fused-ring (bicyclic) bond motifs is 1. The molecule has 2 aromatic rings. The Hall–Kier alpha value is -2.41. The molecule has 1 aromatic heterocycles. The van der Waals surface area contributed by atoms with Gasteiger partial charge in [-0.1, -0.05) is 18.2 Å². The SMILES string of the molecule is O=C(C1CCCCN1C(=O)Cn1cc2ccccc2n1)N1CCOCC1. The van der Waals surface area contributed by atoms with Gasteiger partial charge >= 0.3 is 0 Å². The number of morpholine rings is 1. The molecule has 0 saturated carbocycles. The molecule has 3 heterocycles. The van der Waals surface area contributed by atoms with Crippen molar-refractivity contribution in [1.82, 2.24) is 19.6 Å². The molecular weight excluding hydrogens is 332 g/mol. The second-order valence-corrected chi connectivity index (χ2v) is 6.92. The molecule has 0 spiro atoms. The van der Waals surface area contributed by atoms with Crippen LogP contribution in [0, 0.1) is 0 Å². The highest BCUT2D eigenvalue weighted by Crippen LogP contribution is 2.21. The molecule has 2 amide bonds. The van der Waals surface area contributed by atoms with E-state index in [0.29, 0.717) is 32.8 Å². The Balaban J connectivity index is 1.47. The fraction of sp³-hybridized carbons (Fsp3) is 0.526. The lowest BCUT2D eigenvalue weighted by atomic mass is 10.0. The zero-order valence-electron chi connectivity index (χ0n) is 14.8. The van der Waals surface area contributed by atoms with Crippen LogP contribution in [0.3, 0.4) is 0 Å². The summed E-state index contributed by atoms with van der Waals surface area (Å²) in [5.41, 5.74) is 0.875. The van der Waals surface area contributed by atoms with E-state index in [0.717, 1.165) is 30.2 Å². The third kappa shape index (κ3) is 3.44. The summed E-state index contributed by atoms with van der Waals surface area (Å²) in [4.78, 5) is 29.4. The molecule has 1 atom stereocenters. The van der Waals surface area contributed by atoms with E-state index in [4.69, 9.17) is 4.74 Å². The highest BCUT2D eigenvalue weighted by atomic mass is 16.5. The third-order valence-electron chi connectivity index (χ3n) is 5.19. The largest absolute Gasteiger partial charge is 0.378 e. The standard InChI is InChI=1S/C19H24N4O3/c24-18(14-22-13-15-5-1-2-6-16(15)20-22)23-8-4-3-7-17(23)19(25)21-9-11-26-12-10-21/h1-2,5-6,13,17H,3-4,7-12,14H2. The second-order valence-electron chi connectivity index (χ2n) is 6.92. The summed E-state index contributed by atoms with van der Waals surface area (Å²) in [5, 5.41) is 5.48. The normalized spacial score (nSPS) is 21.2. The maximum atomic E-state index is 12.9. The average molecular weight is 356 g/mol. The zero-order chi connectivity index (χ0) is 17.9. The number of ether oxygens (including phenoxy) is 1. The number of aromatic nitrogens is 2. The number of hydrogen-bond donors (Lipinski definition) is 0. The van der Waals surface area contributed by atoms with Crippen LogP contribution in [-0.4, -0.2) is 70.3 Å². The Kier molecular flexibility index (Phi) is 4.88. The van der Waals surface area contributed by atoms with Crippen LogP contribution < -0.4 is 0 Å². The number of likely N-dealkylation sites (tertiary alicyclic amines) is 1. The number of benzene rings is 1. The predicted molar refractivity (Wildman–Crippen MR) is 96.5 cm³/mol. The van der Waals surface area contributed by atoms with Crippen LogP contribution in [0.1, 0.15) is 19.3 Å². The van der Waals surface area contributed by atoms with Crippen LogP contribution in [0.25, 0.3) is 10.9 Å². The van der Waals surface area contributed by atoms with E-state index in [1.165, 1.54) is 0 Å². The molecule has 0 bridgehead atoms. The van der Waals surface area contributed by atoms with E-state index < -0.39 is 0 Å². The number of rotatable bonds is 3. The molecule has 2 fully saturated rings. The van der Waals surface area contributed by atoms with Gasteiger partial charge < -0.3 is 14.5 Å². The van der Waals surface area contributed by atoms with Crippen LogP contribution in [0.15, 0.2) is 30.5 Å². The average Bonchev–Trinajstić information content (AvgIpc) is 3.10. The van der Waals surface area contributed by atoms with Crippen molar-refractivity contribution >= 4 is 22.7 Å². The van der Waals surface area contributed by atoms with Crippen LogP contribution in [-0.2, 0) is 20.9 Å². The quantitative estimate of drug-likeness (QED) is 0.831. The first-order chi connectivity index (χ1) is 12.7. The maximum absolute atomic E-state index is 12.9. The smallest absolute Gasteiger partial charge is 0.245 e. The highest BCUT2D eigenvalue weighted by molar-refractivity contribution is 5.88. The molecule has 4 rings (SSSR count). The molecule has 1 aromatic carbocycles. The minimum Gasteiger partial charge on any atom is -0.378 e. The summed E-state index contributed by atoms with van der Waals surface area (Å²) in [6.45, 7) is 3.18. The third-order valence-corrected chi connectivity index (χ3v) is 5.19. The van der Waals surface area contributed by atoms with E-state index in [9.17, 15) is 9.59 Å². The first-order valence-electron chi connectivity index (χ1n) is 9.30. The molecule has 7 heteroatoms. The van der Waals surface area contributed by atoms with Gasteiger partial charge in [0, 0.05) is 31.2 Å². The molecule has 2 aliphatic heterocycles. The lowest BCUT2D eigenvalue weighted by Crippen LogP contribution is -2.55. The van der Waals surface area contributed by atoms with Gasteiger partial charge in [-0.25, -0.2) is 0 Å². The zero-order valence-corrected chi connectivity index (χ0v) is 14.8. The minimum atomic E-state index is -0.348. The molecule has 7 nitrogen and oxygen atoms in total. The summed E-state index contributed by atoms with van der Waals surface area (Å²) in [7, 11) is 0. The van der Waals surface area contributed by atoms with Crippen molar-refractivity contribution in [3.63, 3.8) is 0 Å². The molecule has 0 radical (unpaired) electrons. The number of hydrogen-bond acceptors (Lipinski definition) is 4. The number of piperidine rings is 1. The van der Waals surface area contributed by atoms with Crippen LogP contribution >= 0.6 is 0 Å². The van der Waals surface area contributed by atoms with Crippen molar-refractivity contribution in [3.05, 3.63) is 30.5 Å². The van der Waals surface area contributed by atoms with Gasteiger partial charge in [-0.2, -0.15) is 5.10 Å². The van der Waals surface area contributed by atoms with Crippen molar-refractivity contribution in [1.29, 1.82) is 0 Å². The van der Waals surface area contributed by atoms with Crippen LogP contribution in [0.4, 0.5) is 0 Å². The maximum Gasteiger partial charge on any atom is 0.245 e. The van der Waals surface area contributed by atoms with Gasteiger partial charge in [0.15, 0.2) is 0 Å². The van der Waals surface area contributed by atoms with E-state index >= 15 is 0 Å². The van der Waals surface area contributed by atoms with E-state index in [1.807, 2.05) is 35.4 Å². The number of amides is 2. The monoisotopic (exact) mass is 356 g/mol. The second kappa shape index (κ2) is 7.45. The van der Waals surface area contributed by atoms with Gasteiger partial charge in [-0.3, -0.25) is 14.3 Å². The van der Waals surface area contributed by atoms with Crippen LogP contribution in [0.2, 0.25) is 0 Å². The van der Waals surface area contributed by atoms with Gasteiger partial charge in [0.1, 0.15) is 12.6 Å². The summed E-state index contributed by atoms with van der Waals surface area (Å²) in [6, 6.07) is 7.46. The van der Waals surface area contributed by atoms with Gasteiger partial charge in [-0.15, -0.1) is 0 Å². The van der Waals surface area contributed by atoms with Crippen LogP contribution in [0.5, 0.6) is 0 Å². The summed E-state index contributed by atoms with van der Waals surface area (Å²) < 4.78 is 7.01. The number of carbonyl (C=O) groups excluding carboxylic acids is 2. The van der Waals surface area contributed by atoms with Crippen molar-refractivity contribution in [3.8, 4) is 0 Å². The highest BCUT2D eigenvalue weighted by Gasteiger charge is 2.35. The predicted octanol–water partition coefficient (Wildman–Crippen LogP) is 1.28. The first kappa shape index (κ1) is 17.0. The fourth-order valence-electron chi connectivity index (χ4n) is 3.81. The van der Waals surface area contributed by atoms with Gasteiger partial charge in [0.05, 0.1) is 18.7 Å². The van der Waals surface area contributed by atoms with Crippen molar-refractivity contribution < 1.29 is 14.3 Å². The topological polar surface area (TPSA) is 67.7 Å². The lowest BCUT2D eigenvalue weighted by molar-refractivity contribution is -0.150. The summed E-state index contributed by atoms with van der Waals surface area (Å²) in [6.07, 6.45) is 4.55. The molecule has 138 valence electrons. The minimum absolute atomic E-state index is 0.0379. The fourth-order valence-corrected chi connectivity index (χ4v) is 3.81. The molecule has 2 aliphatic rings. The van der Waals surface area contributed by atoms with Crippen molar-refractivity contribution in [2.45, 2.75) is 31.8 Å². The summed E-state index contributed by atoms with van der Waals surface area (Å²) >= 11 is 0. The van der Waals surface area contributed by atoms with E-state index in [-0.39, 0.29) is 24.4 Å².